The van der Waals surface area contributed by atoms with Gasteiger partial charge in [-0.25, -0.2) is 0 Å². The molecule has 1 aromatic carbocycles. The van der Waals surface area contributed by atoms with Crippen molar-refractivity contribution in [2.75, 3.05) is 13.8 Å². The van der Waals surface area contributed by atoms with Gasteiger partial charge in [0.25, 0.3) is 5.91 Å². The highest BCUT2D eigenvalue weighted by molar-refractivity contribution is 5.98. The molecule has 3 aliphatic carbocycles. The van der Waals surface area contributed by atoms with E-state index in [9.17, 15) is 23.9 Å². The summed E-state index contributed by atoms with van der Waals surface area (Å²) in [6, 6.07) is 3.20. The van der Waals surface area contributed by atoms with Gasteiger partial charge in [-0.15, -0.1) is 0 Å². The fourth-order valence-electron chi connectivity index (χ4n) is 6.61. The number of aryl methyl sites for hydroxylation is 1. The minimum absolute atomic E-state index is 0.0733. The number of carbonyl (C=O) groups is 3. The molecule has 4 rings (SSSR count). The van der Waals surface area contributed by atoms with E-state index in [1.54, 1.807) is 13.0 Å². The van der Waals surface area contributed by atoms with Crippen LogP contribution in [0.4, 0.5) is 4.39 Å². The number of hydrogen-bond acceptors (Lipinski definition) is 5. The van der Waals surface area contributed by atoms with Crippen LogP contribution in [0, 0.1) is 23.2 Å². The maximum Gasteiger partial charge on any atom is 0.309 e. The minimum Gasteiger partial charge on any atom is -0.496 e. The van der Waals surface area contributed by atoms with Gasteiger partial charge in [0.1, 0.15) is 11.5 Å². The monoisotopic (exact) mass is 544 g/mol. The first kappa shape index (κ1) is 28.9. The molecule has 4 atom stereocenters. The van der Waals surface area contributed by atoms with E-state index < -0.39 is 24.0 Å². The van der Waals surface area contributed by atoms with Crippen molar-refractivity contribution >= 4 is 17.8 Å². The number of nitrogens with one attached hydrogen (secondary N) is 2. The van der Waals surface area contributed by atoms with E-state index >= 15 is 0 Å². The lowest BCUT2D eigenvalue weighted by atomic mass is 9.75. The smallest absolute Gasteiger partial charge is 0.309 e. The molecule has 0 spiro atoms. The Kier molecular flexibility index (Phi) is 8.86. The molecule has 0 heterocycles. The number of halogens is 1. The van der Waals surface area contributed by atoms with E-state index in [-0.39, 0.29) is 42.2 Å². The summed E-state index contributed by atoms with van der Waals surface area (Å²) in [5.74, 6) is -0.329. The highest BCUT2D eigenvalue weighted by Gasteiger charge is 2.51. The number of rotatable bonds is 11. The molecular formula is C30H41FN2O6. The molecule has 3 N–H and O–H groups in total. The van der Waals surface area contributed by atoms with Gasteiger partial charge in [-0.2, -0.15) is 0 Å². The van der Waals surface area contributed by atoms with Gasteiger partial charge in [0.15, 0.2) is 0 Å². The fourth-order valence-corrected chi connectivity index (χ4v) is 6.61. The van der Waals surface area contributed by atoms with Gasteiger partial charge in [-0.05, 0) is 87.8 Å². The lowest BCUT2D eigenvalue weighted by molar-refractivity contribution is -0.150. The number of hydrogen-bond donors (Lipinski definition) is 3. The third-order valence-corrected chi connectivity index (χ3v) is 9.07. The number of carboxylic acids is 1. The maximum atomic E-state index is 13.6. The highest BCUT2D eigenvalue weighted by atomic mass is 19.1. The summed E-state index contributed by atoms with van der Waals surface area (Å²) >= 11 is 0. The van der Waals surface area contributed by atoms with E-state index in [4.69, 9.17) is 9.47 Å². The summed E-state index contributed by atoms with van der Waals surface area (Å²) in [4.78, 5) is 38.4. The largest absolute Gasteiger partial charge is 0.496 e. The summed E-state index contributed by atoms with van der Waals surface area (Å²) < 4.78 is 24.6. The molecule has 3 saturated carbocycles. The van der Waals surface area contributed by atoms with Crippen LogP contribution >= 0.6 is 0 Å². The number of carboxylic acid groups (broad SMARTS) is 1. The normalized spacial score (nSPS) is 29.5. The number of allylic oxidation sites excluding steroid dienone is 1. The molecule has 2 amide bonds. The predicted molar refractivity (Wildman–Crippen MR) is 144 cm³/mol. The Hall–Kier alpha value is -3.10. The van der Waals surface area contributed by atoms with Crippen LogP contribution in [-0.4, -0.2) is 48.8 Å². The molecule has 3 aliphatic rings. The van der Waals surface area contributed by atoms with E-state index in [0.717, 1.165) is 24.8 Å². The molecule has 9 heteroatoms. The second-order valence-electron chi connectivity index (χ2n) is 11.6. The average molecular weight is 545 g/mol. The maximum absolute atomic E-state index is 13.6. The molecule has 0 radical (unpaired) electrons. The zero-order valence-electron chi connectivity index (χ0n) is 23.2. The van der Waals surface area contributed by atoms with Crippen LogP contribution in [0.3, 0.4) is 0 Å². The van der Waals surface area contributed by atoms with Crippen molar-refractivity contribution in [2.45, 2.75) is 83.8 Å². The molecule has 0 aliphatic heterocycles. The van der Waals surface area contributed by atoms with Gasteiger partial charge in [-0.3, -0.25) is 18.8 Å². The molecule has 0 saturated heterocycles. The number of aliphatic carboxylic acids is 1. The highest BCUT2D eigenvalue weighted by Crippen LogP contribution is 2.49. The van der Waals surface area contributed by atoms with Crippen LogP contribution in [-0.2, 0) is 16.0 Å². The zero-order valence-corrected chi connectivity index (χ0v) is 23.2. The molecular weight excluding hydrogens is 503 g/mol. The van der Waals surface area contributed by atoms with Crippen LogP contribution in [0.15, 0.2) is 24.4 Å². The van der Waals surface area contributed by atoms with Crippen molar-refractivity contribution in [3.63, 3.8) is 0 Å². The standard InChI is InChI=1S/C30H41FN2O6/c1-5-18-15-24(38-4)22(16-23(18)39-21-8-11-30(3,12-9-21)29(36)37)27(34)33-26-20-7-6-19(14-20)25(26)28(35)32-17(2)10-13-31/h15-16,19-21,25-26H,2,5-14H2,1,3-4H3,(H,32,35)(H,33,34)(H,36,37)/t19-,20+,21?,25+,26-,30?/m1/s1. The number of amides is 2. The topological polar surface area (TPSA) is 114 Å². The third-order valence-electron chi connectivity index (χ3n) is 9.07. The second-order valence-corrected chi connectivity index (χ2v) is 11.6. The van der Waals surface area contributed by atoms with Crippen molar-refractivity contribution in [1.82, 2.24) is 10.6 Å². The number of methoxy groups -OCH3 is 1. The first-order chi connectivity index (χ1) is 18.6. The Labute approximate surface area is 229 Å². The first-order valence-electron chi connectivity index (χ1n) is 14.1. The molecule has 8 nitrogen and oxygen atoms in total. The molecule has 214 valence electrons. The van der Waals surface area contributed by atoms with Crippen molar-refractivity contribution in [3.8, 4) is 11.5 Å². The summed E-state index contributed by atoms with van der Waals surface area (Å²) in [6.07, 6.45) is 5.66. The lowest BCUT2D eigenvalue weighted by Gasteiger charge is -2.34. The Bertz CT molecular complexity index is 1110. The quantitative estimate of drug-likeness (QED) is 0.369. The van der Waals surface area contributed by atoms with E-state index in [0.29, 0.717) is 54.9 Å². The first-order valence-corrected chi connectivity index (χ1v) is 14.1. The molecule has 39 heavy (non-hydrogen) atoms. The van der Waals surface area contributed by atoms with Crippen molar-refractivity contribution < 1.29 is 33.4 Å². The molecule has 3 fully saturated rings. The van der Waals surface area contributed by atoms with Gasteiger partial charge in [0.05, 0.1) is 36.8 Å². The Morgan fingerprint density at radius 2 is 1.82 bits per heavy atom. The van der Waals surface area contributed by atoms with Crippen molar-refractivity contribution in [3.05, 3.63) is 35.5 Å². The summed E-state index contributed by atoms with van der Waals surface area (Å²) in [5.41, 5.74) is 0.846. The number of benzene rings is 1. The fraction of sp³-hybridized carbons (Fsp3) is 0.633. The molecule has 1 aromatic rings. The second kappa shape index (κ2) is 12.0. The Balaban J connectivity index is 1.52. The third kappa shape index (κ3) is 6.07. The molecule has 0 aromatic heterocycles. The van der Waals surface area contributed by atoms with Crippen LogP contribution in [0.2, 0.25) is 0 Å². The minimum atomic E-state index is -0.780. The lowest BCUT2D eigenvalue weighted by Crippen LogP contribution is -2.49. The summed E-state index contributed by atoms with van der Waals surface area (Å²) in [6.45, 7) is 6.93. The van der Waals surface area contributed by atoms with Gasteiger partial charge in [0, 0.05) is 18.2 Å². The summed E-state index contributed by atoms with van der Waals surface area (Å²) in [5, 5.41) is 15.4. The van der Waals surface area contributed by atoms with E-state index in [1.165, 1.54) is 7.11 Å². The average Bonchev–Trinajstić information content (AvgIpc) is 3.51. The van der Waals surface area contributed by atoms with Gasteiger partial charge in [-0.1, -0.05) is 13.5 Å². The van der Waals surface area contributed by atoms with Crippen LogP contribution in [0.25, 0.3) is 0 Å². The van der Waals surface area contributed by atoms with Crippen LogP contribution < -0.4 is 20.1 Å². The van der Waals surface area contributed by atoms with Crippen molar-refractivity contribution in [1.29, 1.82) is 0 Å². The van der Waals surface area contributed by atoms with Crippen LogP contribution in [0.5, 0.6) is 11.5 Å². The van der Waals surface area contributed by atoms with Gasteiger partial charge >= 0.3 is 5.97 Å². The Morgan fingerprint density at radius 3 is 2.44 bits per heavy atom. The van der Waals surface area contributed by atoms with Crippen LogP contribution in [0.1, 0.15) is 81.1 Å². The number of alkyl halides is 1. The van der Waals surface area contributed by atoms with E-state index in [1.807, 2.05) is 13.0 Å². The predicted octanol–water partition coefficient (Wildman–Crippen LogP) is 4.80. The van der Waals surface area contributed by atoms with Gasteiger partial charge < -0.3 is 25.2 Å². The van der Waals surface area contributed by atoms with Crippen molar-refractivity contribution in [2.24, 2.45) is 23.2 Å². The number of fused-ring (bicyclic) bond motifs is 2. The number of carbonyl (C=O) groups excluding carboxylic acids is 2. The van der Waals surface area contributed by atoms with E-state index in [2.05, 4.69) is 17.2 Å². The SMILES string of the molecule is C=C(CCF)NC(=O)[C@H]1[C@@H]2CC[C@@H](C2)[C@H]1NC(=O)c1cc(OC2CCC(C)(C(=O)O)CC2)c(CC)cc1OC. The zero-order chi connectivity index (χ0) is 28.3. The van der Waals surface area contributed by atoms with Gasteiger partial charge in [0.2, 0.25) is 5.91 Å². The molecule has 0 unspecified atom stereocenters. The Morgan fingerprint density at radius 1 is 1.13 bits per heavy atom. The molecule has 2 bridgehead atoms. The number of ether oxygens (including phenoxy) is 2. The summed E-state index contributed by atoms with van der Waals surface area (Å²) in [7, 11) is 1.52.